The molecule has 2 aromatic rings. The average Bonchev–Trinajstić information content (AvgIpc) is 2.43. The fraction of sp³-hybridized carbons (Fsp3) is 0.0769. The Hall–Kier alpha value is -2.21. The fourth-order valence-corrected chi connectivity index (χ4v) is 1.71. The van der Waals surface area contributed by atoms with Gasteiger partial charge in [-0.2, -0.15) is 0 Å². The molecule has 2 rings (SSSR count). The lowest BCUT2D eigenvalue weighted by Crippen LogP contribution is -2.13. The molecule has 0 atom stereocenters. The van der Waals surface area contributed by atoms with Crippen LogP contribution in [-0.4, -0.2) is 18.0 Å². The summed E-state index contributed by atoms with van der Waals surface area (Å²) in [5, 5.41) is 2.32. The molecule has 0 aliphatic carbocycles. The first-order valence-corrected chi connectivity index (χ1v) is 5.85. The molecular formula is C13H9ClF2N2O2. The molecule has 20 heavy (non-hydrogen) atoms. The molecule has 0 saturated heterocycles. The molecule has 0 unspecified atom stereocenters. The number of aromatic nitrogens is 1. The highest BCUT2D eigenvalue weighted by atomic mass is 35.5. The van der Waals surface area contributed by atoms with Crippen LogP contribution < -0.4 is 10.1 Å². The van der Waals surface area contributed by atoms with E-state index in [4.69, 9.17) is 16.3 Å². The summed E-state index contributed by atoms with van der Waals surface area (Å²) in [5.74, 6) is -1.92. The number of ether oxygens (including phenoxy) is 1. The van der Waals surface area contributed by atoms with Gasteiger partial charge in [-0.1, -0.05) is 11.6 Å². The molecule has 0 spiro atoms. The van der Waals surface area contributed by atoms with Crippen molar-refractivity contribution in [2.75, 3.05) is 12.4 Å². The van der Waals surface area contributed by atoms with E-state index in [-0.39, 0.29) is 22.2 Å². The molecule has 104 valence electrons. The van der Waals surface area contributed by atoms with E-state index in [0.29, 0.717) is 0 Å². The summed E-state index contributed by atoms with van der Waals surface area (Å²) >= 11 is 5.72. The maximum absolute atomic E-state index is 13.2. The Morgan fingerprint density at radius 2 is 2.10 bits per heavy atom. The van der Waals surface area contributed by atoms with Crippen molar-refractivity contribution in [2.45, 2.75) is 0 Å². The first-order valence-electron chi connectivity index (χ1n) is 5.47. The van der Waals surface area contributed by atoms with E-state index in [9.17, 15) is 13.6 Å². The summed E-state index contributed by atoms with van der Waals surface area (Å²) < 4.78 is 31.1. The minimum Gasteiger partial charge on any atom is -0.494 e. The number of rotatable bonds is 3. The topological polar surface area (TPSA) is 51.2 Å². The van der Waals surface area contributed by atoms with Crippen LogP contribution in [0.2, 0.25) is 5.15 Å². The summed E-state index contributed by atoms with van der Waals surface area (Å²) in [6.07, 6.45) is 0.903. The maximum Gasteiger partial charge on any atom is 0.258 e. The third kappa shape index (κ3) is 3.03. The second kappa shape index (κ2) is 5.83. The smallest absolute Gasteiger partial charge is 0.258 e. The van der Waals surface area contributed by atoms with Crippen LogP contribution in [0, 0.1) is 11.6 Å². The minimum atomic E-state index is -0.684. The number of carbonyl (C=O) groups is 1. The van der Waals surface area contributed by atoms with Gasteiger partial charge in [0.1, 0.15) is 11.0 Å². The third-order valence-electron chi connectivity index (χ3n) is 2.46. The van der Waals surface area contributed by atoms with E-state index >= 15 is 0 Å². The molecular weight excluding hydrogens is 290 g/mol. The molecule has 1 aromatic carbocycles. The number of methoxy groups -OCH3 is 1. The molecule has 4 nitrogen and oxygen atoms in total. The number of amides is 1. The van der Waals surface area contributed by atoms with Crippen molar-refractivity contribution in [1.29, 1.82) is 0 Å². The molecule has 7 heteroatoms. The number of carbonyl (C=O) groups excluding carboxylic acids is 1. The van der Waals surface area contributed by atoms with Crippen LogP contribution in [0.25, 0.3) is 0 Å². The van der Waals surface area contributed by atoms with Crippen LogP contribution in [0.3, 0.4) is 0 Å². The highest BCUT2D eigenvalue weighted by molar-refractivity contribution is 6.33. The summed E-state index contributed by atoms with van der Waals surface area (Å²) in [4.78, 5) is 15.5. The molecule has 0 saturated carbocycles. The molecule has 1 amide bonds. The molecule has 0 radical (unpaired) electrons. The van der Waals surface area contributed by atoms with E-state index in [1.807, 2.05) is 0 Å². The summed E-state index contributed by atoms with van der Waals surface area (Å²) in [5.41, 5.74) is 0.170. The van der Waals surface area contributed by atoms with Gasteiger partial charge in [0.05, 0.1) is 18.9 Å². The molecule has 1 heterocycles. The number of nitrogens with zero attached hydrogens (tertiary/aromatic N) is 1. The van der Waals surface area contributed by atoms with Crippen LogP contribution in [0.4, 0.5) is 14.5 Å². The van der Waals surface area contributed by atoms with Crippen LogP contribution >= 0.6 is 11.6 Å². The van der Waals surface area contributed by atoms with Gasteiger partial charge in [-0.3, -0.25) is 4.79 Å². The van der Waals surface area contributed by atoms with Crippen LogP contribution in [-0.2, 0) is 0 Å². The number of hydrogen-bond acceptors (Lipinski definition) is 3. The van der Waals surface area contributed by atoms with E-state index in [2.05, 4.69) is 10.3 Å². The molecule has 0 aliphatic rings. The number of hydrogen-bond donors (Lipinski definition) is 1. The second-order valence-electron chi connectivity index (χ2n) is 3.80. The molecule has 0 fully saturated rings. The average molecular weight is 299 g/mol. The monoisotopic (exact) mass is 298 g/mol. The highest BCUT2D eigenvalue weighted by Crippen LogP contribution is 2.22. The Morgan fingerprint density at radius 1 is 1.35 bits per heavy atom. The van der Waals surface area contributed by atoms with Crippen molar-refractivity contribution >= 4 is 23.2 Å². The van der Waals surface area contributed by atoms with Gasteiger partial charge < -0.3 is 10.1 Å². The first kappa shape index (κ1) is 14.2. The fourth-order valence-electron chi connectivity index (χ4n) is 1.52. The van der Waals surface area contributed by atoms with Crippen LogP contribution in [0.5, 0.6) is 5.75 Å². The van der Waals surface area contributed by atoms with E-state index in [1.54, 1.807) is 0 Å². The Labute approximate surface area is 118 Å². The molecule has 1 aromatic heterocycles. The van der Waals surface area contributed by atoms with Crippen LogP contribution in [0.1, 0.15) is 10.4 Å². The zero-order chi connectivity index (χ0) is 14.7. The number of benzene rings is 1. The van der Waals surface area contributed by atoms with E-state index in [0.717, 1.165) is 18.3 Å². The van der Waals surface area contributed by atoms with Crippen molar-refractivity contribution < 1.29 is 18.3 Å². The number of pyridine rings is 1. The Balaban J connectivity index is 2.25. The largest absolute Gasteiger partial charge is 0.494 e. The Morgan fingerprint density at radius 3 is 2.80 bits per heavy atom. The van der Waals surface area contributed by atoms with Gasteiger partial charge in [0, 0.05) is 11.8 Å². The molecule has 1 N–H and O–H groups in total. The Bertz CT molecular complexity index is 665. The van der Waals surface area contributed by atoms with Crippen LogP contribution in [0.15, 0.2) is 30.5 Å². The van der Waals surface area contributed by atoms with Crippen molar-refractivity contribution in [3.8, 4) is 5.75 Å². The third-order valence-corrected chi connectivity index (χ3v) is 2.76. The molecule has 0 bridgehead atoms. The second-order valence-corrected chi connectivity index (χ2v) is 4.15. The van der Waals surface area contributed by atoms with Gasteiger partial charge in [0.2, 0.25) is 0 Å². The minimum absolute atomic E-state index is 0.0220. The van der Waals surface area contributed by atoms with Gasteiger partial charge in [0.15, 0.2) is 11.6 Å². The zero-order valence-electron chi connectivity index (χ0n) is 10.3. The van der Waals surface area contributed by atoms with Gasteiger partial charge in [-0.25, -0.2) is 13.8 Å². The summed E-state index contributed by atoms with van der Waals surface area (Å²) in [6, 6.07) is 4.75. The lowest BCUT2D eigenvalue weighted by Gasteiger charge is -2.08. The quantitative estimate of drug-likeness (QED) is 0.885. The number of nitrogens with one attached hydrogen (secondary N) is 1. The summed E-state index contributed by atoms with van der Waals surface area (Å²) in [6.45, 7) is 0. The number of halogens is 3. The molecule has 0 aliphatic heterocycles. The predicted molar refractivity (Wildman–Crippen MR) is 70.1 cm³/mol. The van der Waals surface area contributed by atoms with Crippen molar-refractivity contribution in [3.05, 3.63) is 52.8 Å². The van der Waals surface area contributed by atoms with Crippen molar-refractivity contribution in [2.24, 2.45) is 0 Å². The van der Waals surface area contributed by atoms with Gasteiger partial charge in [0.25, 0.3) is 5.91 Å². The maximum atomic E-state index is 13.2. The van der Waals surface area contributed by atoms with Crippen molar-refractivity contribution in [3.63, 3.8) is 0 Å². The first-order chi connectivity index (χ1) is 9.51. The SMILES string of the molecule is COc1cc(NC(=O)c2cc(F)cnc2Cl)ccc1F. The normalized spacial score (nSPS) is 10.2. The highest BCUT2D eigenvalue weighted by Gasteiger charge is 2.14. The standard InChI is InChI=1S/C13H9ClF2N2O2/c1-20-11-5-8(2-3-10(11)16)18-13(19)9-4-7(15)6-17-12(9)14/h2-6H,1H3,(H,18,19). The van der Waals surface area contributed by atoms with Gasteiger partial charge in [-0.15, -0.1) is 0 Å². The lowest BCUT2D eigenvalue weighted by molar-refractivity contribution is 0.102. The number of anilines is 1. The van der Waals surface area contributed by atoms with E-state index in [1.165, 1.54) is 19.2 Å². The van der Waals surface area contributed by atoms with Crippen molar-refractivity contribution in [1.82, 2.24) is 4.98 Å². The zero-order valence-corrected chi connectivity index (χ0v) is 11.0. The summed E-state index contributed by atoms with van der Waals surface area (Å²) in [7, 11) is 1.30. The predicted octanol–water partition coefficient (Wildman–Crippen LogP) is 3.27. The van der Waals surface area contributed by atoms with Gasteiger partial charge >= 0.3 is 0 Å². The van der Waals surface area contributed by atoms with Gasteiger partial charge in [-0.05, 0) is 18.2 Å². The Kier molecular flexibility index (Phi) is 4.14. The van der Waals surface area contributed by atoms with E-state index < -0.39 is 17.5 Å². The lowest BCUT2D eigenvalue weighted by atomic mass is 10.2.